The molecule has 0 saturated heterocycles. The molecule has 0 aliphatic heterocycles. The van der Waals surface area contributed by atoms with Crippen LogP contribution >= 0.6 is 0 Å². The normalized spacial score (nSPS) is 10.5. The fourth-order valence-corrected chi connectivity index (χ4v) is 1.45. The van der Waals surface area contributed by atoms with E-state index in [0.717, 1.165) is 5.52 Å². The lowest BCUT2D eigenvalue weighted by Crippen LogP contribution is -2.05. The van der Waals surface area contributed by atoms with E-state index in [0.29, 0.717) is 11.1 Å². The van der Waals surface area contributed by atoms with Crippen LogP contribution in [0.5, 0.6) is 5.75 Å². The molecule has 0 fully saturated rings. The number of esters is 1. The molecule has 0 bridgehead atoms. The molecule has 5 heteroatoms. The van der Waals surface area contributed by atoms with E-state index in [1.54, 1.807) is 6.07 Å². The lowest BCUT2D eigenvalue weighted by molar-refractivity contribution is -0.139. The summed E-state index contributed by atoms with van der Waals surface area (Å²) in [5.74, 6) is -0.346. The Kier molecular flexibility index (Phi) is 2.29. The van der Waals surface area contributed by atoms with Gasteiger partial charge in [0.25, 0.3) is 0 Å². The van der Waals surface area contributed by atoms with Gasteiger partial charge < -0.3 is 14.8 Å². The number of hydrogen-bond donors (Lipinski definition) is 2. The van der Waals surface area contributed by atoms with Crippen molar-refractivity contribution in [3.8, 4) is 5.75 Å². The largest absolute Gasteiger partial charge is 0.508 e. The van der Waals surface area contributed by atoms with Gasteiger partial charge in [-0.15, -0.1) is 0 Å². The summed E-state index contributed by atoms with van der Waals surface area (Å²) < 4.78 is 4.55. The third kappa shape index (κ3) is 1.63. The zero-order valence-corrected chi connectivity index (χ0v) is 8.15. The lowest BCUT2D eigenvalue weighted by atomic mass is 10.1. The van der Waals surface area contributed by atoms with Crippen molar-refractivity contribution < 1.29 is 14.6 Å². The quantitative estimate of drug-likeness (QED) is 0.718. The summed E-state index contributed by atoms with van der Waals surface area (Å²) >= 11 is 0. The average molecular weight is 206 g/mol. The molecule has 0 aliphatic carbocycles. The molecule has 15 heavy (non-hydrogen) atoms. The van der Waals surface area contributed by atoms with Crippen molar-refractivity contribution in [3.63, 3.8) is 0 Å². The summed E-state index contributed by atoms with van der Waals surface area (Å²) in [6.45, 7) is 0. The number of imidazole rings is 1. The van der Waals surface area contributed by atoms with Gasteiger partial charge in [-0.2, -0.15) is 0 Å². The maximum Gasteiger partial charge on any atom is 0.310 e. The Bertz CT molecular complexity index is 504. The minimum atomic E-state index is -0.402. The minimum Gasteiger partial charge on any atom is -0.508 e. The Morgan fingerprint density at radius 3 is 3.13 bits per heavy atom. The van der Waals surface area contributed by atoms with Crippen LogP contribution in [0.4, 0.5) is 0 Å². The van der Waals surface area contributed by atoms with Gasteiger partial charge in [-0.1, -0.05) is 0 Å². The molecule has 2 rings (SSSR count). The molecular weight excluding hydrogens is 196 g/mol. The smallest absolute Gasteiger partial charge is 0.310 e. The molecule has 0 spiro atoms. The number of aromatic hydroxyl groups is 1. The molecule has 1 heterocycles. The molecule has 0 amide bonds. The van der Waals surface area contributed by atoms with Crippen LogP contribution in [0.1, 0.15) is 5.56 Å². The number of carbonyl (C=O) groups is 1. The van der Waals surface area contributed by atoms with E-state index >= 15 is 0 Å². The predicted octanol–water partition coefficient (Wildman–Crippen LogP) is 0.984. The Hall–Kier alpha value is -2.04. The van der Waals surface area contributed by atoms with Gasteiger partial charge in [0.1, 0.15) is 5.75 Å². The summed E-state index contributed by atoms with van der Waals surface area (Å²) in [6, 6.07) is 3.23. The molecular formula is C10H10N2O3. The van der Waals surface area contributed by atoms with E-state index in [1.165, 1.54) is 19.5 Å². The first-order chi connectivity index (χ1) is 7.22. The Balaban J connectivity index is 2.51. The van der Waals surface area contributed by atoms with E-state index in [9.17, 15) is 9.90 Å². The molecule has 2 aromatic rings. The summed E-state index contributed by atoms with van der Waals surface area (Å²) in [5.41, 5.74) is 1.87. The molecule has 0 atom stereocenters. The lowest BCUT2D eigenvalue weighted by Gasteiger charge is -2.03. The van der Waals surface area contributed by atoms with Gasteiger partial charge in [0.05, 0.1) is 30.9 Å². The van der Waals surface area contributed by atoms with Gasteiger partial charge in [0, 0.05) is 5.56 Å². The number of methoxy groups -OCH3 is 1. The number of fused-ring (bicyclic) bond motifs is 1. The summed E-state index contributed by atoms with van der Waals surface area (Å²) in [6.07, 6.45) is 1.54. The number of ether oxygens (including phenoxy) is 1. The molecule has 0 unspecified atom stereocenters. The number of phenols is 1. The number of benzene rings is 1. The highest BCUT2D eigenvalue weighted by molar-refractivity contribution is 5.85. The van der Waals surface area contributed by atoms with Crippen molar-refractivity contribution in [1.29, 1.82) is 0 Å². The van der Waals surface area contributed by atoms with Crippen molar-refractivity contribution in [2.75, 3.05) is 7.11 Å². The first-order valence-electron chi connectivity index (χ1n) is 4.43. The number of nitrogens with one attached hydrogen (secondary N) is 1. The standard InChI is InChI=1S/C10H10N2O3/c1-15-9(14)4-6-8(13)3-2-7-10(6)12-5-11-7/h2-3,5,13H,4H2,1H3,(H,11,12). The number of phenolic OH excluding ortho intramolecular Hbond substituents is 1. The van der Waals surface area contributed by atoms with Gasteiger partial charge in [-0.25, -0.2) is 4.98 Å². The van der Waals surface area contributed by atoms with Crippen LogP contribution in [-0.4, -0.2) is 28.2 Å². The number of aromatic nitrogens is 2. The molecule has 0 saturated carbocycles. The van der Waals surface area contributed by atoms with Crippen LogP contribution in [0.2, 0.25) is 0 Å². The Morgan fingerprint density at radius 2 is 2.40 bits per heavy atom. The summed E-state index contributed by atoms with van der Waals surface area (Å²) in [4.78, 5) is 18.1. The van der Waals surface area contributed by atoms with Crippen LogP contribution in [0.15, 0.2) is 18.5 Å². The molecule has 78 valence electrons. The van der Waals surface area contributed by atoms with E-state index in [2.05, 4.69) is 14.7 Å². The van der Waals surface area contributed by atoms with E-state index in [1.807, 2.05) is 0 Å². The number of H-pyrrole nitrogens is 1. The first kappa shape index (κ1) is 9.51. The van der Waals surface area contributed by atoms with Crippen LogP contribution in [-0.2, 0) is 16.0 Å². The van der Waals surface area contributed by atoms with E-state index < -0.39 is 5.97 Å². The highest BCUT2D eigenvalue weighted by Gasteiger charge is 2.13. The third-order valence-electron chi connectivity index (χ3n) is 2.22. The van der Waals surface area contributed by atoms with Gasteiger partial charge in [0.15, 0.2) is 0 Å². The fraction of sp³-hybridized carbons (Fsp3) is 0.200. The number of hydrogen-bond acceptors (Lipinski definition) is 4. The van der Waals surface area contributed by atoms with Crippen molar-refractivity contribution in [1.82, 2.24) is 9.97 Å². The number of aromatic amines is 1. The van der Waals surface area contributed by atoms with Crippen molar-refractivity contribution in [3.05, 3.63) is 24.0 Å². The predicted molar refractivity (Wildman–Crippen MR) is 53.5 cm³/mol. The van der Waals surface area contributed by atoms with Gasteiger partial charge in [-0.3, -0.25) is 4.79 Å². The molecule has 0 aliphatic rings. The first-order valence-corrected chi connectivity index (χ1v) is 4.43. The molecule has 2 N–H and O–H groups in total. The zero-order chi connectivity index (χ0) is 10.8. The van der Waals surface area contributed by atoms with Crippen LogP contribution in [0.25, 0.3) is 11.0 Å². The highest BCUT2D eigenvalue weighted by atomic mass is 16.5. The van der Waals surface area contributed by atoms with Crippen molar-refractivity contribution in [2.24, 2.45) is 0 Å². The van der Waals surface area contributed by atoms with Gasteiger partial charge >= 0.3 is 5.97 Å². The second-order valence-electron chi connectivity index (χ2n) is 3.11. The second kappa shape index (κ2) is 3.61. The Labute approximate surface area is 85.7 Å². The molecule has 5 nitrogen and oxygen atoms in total. The third-order valence-corrected chi connectivity index (χ3v) is 2.22. The molecule has 0 radical (unpaired) electrons. The van der Waals surface area contributed by atoms with Gasteiger partial charge in [-0.05, 0) is 12.1 Å². The minimum absolute atomic E-state index is 0.0184. The topological polar surface area (TPSA) is 75.2 Å². The van der Waals surface area contributed by atoms with Crippen LogP contribution < -0.4 is 0 Å². The monoisotopic (exact) mass is 206 g/mol. The summed E-state index contributed by atoms with van der Waals surface area (Å²) in [5, 5.41) is 9.61. The highest BCUT2D eigenvalue weighted by Crippen LogP contribution is 2.25. The molecule has 1 aromatic carbocycles. The fourth-order valence-electron chi connectivity index (χ4n) is 1.45. The Morgan fingerprint density at radius 1 is 1.60 bits per heavy atom. The SMILES string of the molecule is COC(=O)Cc1c(O)ccc2[nH]cnc12. The van der Waals surface area contributed by atoms with Crippen molar-refractivity contribution in [2.45, 2.75) is 6.42 Å². The number of nitrogens with zero attached hydrogens (tertiary/aromatic N) is 1. The summed E-state index contributed by atoms with van der Waals surface area (Å²) in [7, 11) is 1.31. The van der Waals surface area contributed by atoms with Crippen LogP contribution in [0, 0.1) is 0 Å². The average Bonchev–Trinajstić information content (AvgIpc) is 2.70. The number of carbonyl (C=O) groups excluding carboxylic acids is 1. The maximum atomic E-state index is 11.1. The van der Waals surface area contributed by atoms with E-state index in [-0.39, 0.29) is 12.2 Å². The van der Waals surface area contributed by atoms with E-state index in [4.69, 9.17) is 0 Å². The second-order valence-corrected chi connectivity index (χ2v) is 3.11. The molecule has 1 aromatic heterocycles. The zero-order valence-electron chi connectivity index (χ0n) is 8.15. The maximum absolute atomic E-state index is 11.1. The van der Waals surface area contributed by atoms with Gasteiger partial charge in [0.2, 0.25) is 0 Å². The number of rotatable bonds is 2. The van der Waals surface area contributed by atoms with Crippen molar-refractivity contribution >= 4 is 17.0 Å². The van der Waals surface area contributed by atoms with Crippen LogP contribution in [0.3, 0.4) is 0 Å².